The van der Waals surface area contributed by atoms with Gasteiger partial charge in [0, 0.05) is 30.2 Å². The molecule has 1 aromatic carbocycles. The van der Waals surface area contributed by atoms with Gasteiger partial charge in [-0.15, -0.1) is 0 Å². The van der Waals surface area contributed by atoms with Gasteiger partial charge in [-0.25, -0.2) is 15.0 Å². The van der Waals surface area contributed by atoms with Gasteiger partial charge in [0.1, 0.15) is 11.3 Å². The van der Waals surface area contributed by atoms with E-state index >= 15 is 0 Å². The van der Waals surface area contributed by atoms with Gasteiger partial charge >= 0.3 is 0 Å². The number of nitrogens with zero attached hydrogens (tertiary/aromatic N) is 4. The van der Waals surface area contributed by atoms with Crippen LogP contribution < -0.4 is 9.64 Å². The third-order valence-corrected chi connectivity index (χ3v) is 7.04. The Morgan fingerprint density at radius 3 is 2.53 bits per heavy atom. The van der Waals surface area contributed by atoms with E-state index in [1.807, 2.05) is 31.5 Å². The fraction of sp³-hybridized carbons (Fsp3) is 0.409. The Balaban J connectivity index is 1.96. The summed E-state index contributed by atoms with van der Waals surface area (Å²) >= 11 is 14.9. The van der Waals surface area contributed by atoms with Gasteiger partial charge in [-0.1, -0.05) is 41.9 Å². The number of hydrogen-bond donors (Lipinski definition) is 0. The molecule has 0 radical (unpaired) electrons. The van der Waals surface area contributed by atoms with Crippen molar-refractivity contribution in [3.05, 3.63) is 33.9 Å². The minimum absolute atomic E-state index is 0.458. The molecule has 3 heterocycles. The van der Waals surface area contributed by atoms with Gasteiger partial charge in [-0.05, 0) is 49.6 Å². The molecule has 1 saturated heterocycles. The molecule has 0 spiro atoms. The fourth-order valence-electron chi connectivity index (χ4n) is 3.79. The van der Waals surface area contributed by atoms with Crippen LogP contribution in [0.25, 0.3) is 22.2 Å². The highest BCUT2D eigenvalue weighted by atomic mass is 35.5. The van der Waals surface area contributed by atoms with Crippen LogP contribution in [0.2, 0.25) is 10.0 Å². The zero-order valence-corrected chi connectivity index (χ0v) is 19.8. The number of piperidine rings is 1. The highest BCUT2D eigenvalue weighted by molar-refractivity contribution is 7.98. The number of anilines is 1. The van der Waals surface area contributed by atoms with Crippen molar-refractivity contribution in [3.8, 4) is 17.0 Å². The summed E-state index contributed by atoms with van der Waals surface area (Å²) < 4.78 is 5.46. The van der Waals surface area contributed by atoms with E-state index in [1.165, 1.54) is 11.8 Å². The lowest BCUT2D eigenvalue weighted by atomic mass is 9.99. The number of thioether (sulfide) groups is 1. The number of ether oxygens (including phenoxy) is 1. The first kappa shape index (κ1) is 21.5. The number of aromatic nitrogens is 3. The third kappa shape index (κ3) is 3.93. The van der Waals surface area contributed by atoms with Gasteiger partial charge in [0.15, 0.2) is 11.0 Å². The van der Waals surface area contributed by atoms with E-state index in [0.29, 0.717) is 27.1 Å². The predicted octanol–water partition coefficient (Wildman–Crippen LogP) is 6.27. The number of methoxy groups -OCH3 is 1. The van der Waals surface area contributed by atoms with Gasteiger partial charge < -0.3 is 9.64 Å². The lowest BCUT2D eigenvalue weighted by Gasteiger charge is -2.32. The third-order valence-electron chi connectivity index (χ3n) is 5.62. The van der Waals surface area contributed by atoms with Gasteiger partial charge in [0.2, 0.25) is 0 Å². The summed E-state index contributed by atoms with van der Waals surface area (Å²) in [6.45, 7) is 6.13. The predicted molar refractivity (Wildman–Crippen MR) is 126 cm³/mol. The van der Waals surface area contributed by atoms with Crippen molar-refractivity contribution in [2.45, 2.75) is 31.8 Å². The molecule has 158 valence electrons. The van der Waals surface area contributed by atoms with E-state index in [0.717, 1.165) is 59.3 Å². The molecule has 0 aliphatic carbocycles. The molecule has 0 amide bonds. The smallest absolute Gasteiger partial charge is 0.187 e. The lowest BCUT2D eigenvalue weighted by Crippen LogP contribution is -2.33. The van der Waals surface area contributed by atoms with E-state index in [4.69, 9.17) is 37.9 Å². The molecule has 4 rings (SSSR count). The summed E-state index contributed by atoms with van der Waals surface area (Å²) in [6, 6.07) is 3.80. The molecule has 0 saturated carbocycles. The maximum absolute atomic E-state index is 6.69. The van der Waals surface area contributed by atoms with Crippen molar-refractivity contribution in [3.63, 3.8) is 0 Å². The first-order valence-corrected chi connectivity index (χ1v) is 11.9. The average Bonchev–Trinajstić information content (AvgIpc) is 2.76. The molecule has 1 aliphatic rings. The van der Waals surface area contributed by atoms with Gasteiger partial charge in [0.05, 0.1) is 22.8 Å². The van der Waals surface area contributed by atoms with E-state index < -0.39 is 0 Å². The Hall–Kier alpha value is -1.76. The number of benzene rings is 1. The van der Waals surface area contributed by atoms with E-state index in [-0.39, 0.29) is 0 Å². The van der Waals surface area contributed by atoms with Crippen LogP contribution in [0.15, 0.2) is 23.5 Å². The molecule has 0 bridgehead atoms. The maximum atomic E-state index is 6.69. The Bertz CT molecular complexity index is 1100. The molecule has 30 heavy (non-hydrogen) atoms. The van der Waals surface area contributed by atoms with Crippen LogP contribution >= 0.6 is 35.0 Å². The molecule has 1 fully saturated rings. The molecule has 0 atom stereocenters. The van der Waals surface area contributed by atoms with E-state index in [1.54, 1.807) is 7.11 Å². The summed E-state index contributed by atoms with van der Waals surface area (Å²) in [4.78, 5) is 16.6. The molecular formula is C22H24Cl2N4OS. The number of pyridine rings is 1. The number of fused-ring (bicyclic) bond motifs is 1. The monoisotopic (exact) mass is 462 g/mol. The molecule has 2 aromatic heterocycles. The zero-order chi connectivity index (χ0) is 21.4. The fourth-order valence-corrected chi connectivity index (χ4v) is 4.75. The van der Waals surface area contributed by atoms with E-state index in [2.05, 4.69) is 16.8 Å². The van der Waals surface area contributed by atoms with Crippen molar-refractivity contribution in [1.29, 1.82) is 0 Å². The van der Waals surface area contributed by atoms with Gasteiger partial charge in [-0.3, -0.25) is 0 Å². The Kier molecular flexibility index (Phi) is 6.28. The first-order chi connectivity index (χ1) is 14.4. The van der Waals surface area contributed by atoms with Crippen molar-refractivity contribution < 1.29 is 4.74 Å². The second-order valence-electron chi connectivity index (χ2n) is 7.69. The van der Waals surface area contributed by atoms with Crippen LogP contribution in [0.5, 0.6) is 5.75 Å². The van der Waals surface area contributed by atoms with Gasteiger partial charge in [0.25, 0.3) is 0 Å². The zero-order valence-electron chi connectivity index (χ0n) is 17.5. The first-order valence-electron chi connectivity index (χ1n) is 9.92. The Morgan fingerprint density at radius 2 is 1.87 bits per heavy atom. The largest absolute Gasteiger partial charge is 0.495 e. The summed E-state index contributed by atoms with van der Waals surface area (Å²) in [5.74, 6) is 2.16. The highest BCUT2D eigenvalue weighted by Gasteiger charge is 2.24. The molecule has 1 aliphatic heterocycles. The second-order valence-corrected chi connectivity index (χ2v) is 9.22. The normalized spacial score (nSPS) is 15.1. The molecule has 0 unspecified atom stereocenters. The SMILES string of the molecule is COc1cc(C)c(Cl)c(-c2cc3cnc(SC)nc3c(N3CCC(C)CC3)n2)c1Cl. The maximum Gasteiger partial charge on any atom is 0.187 e. The van der Waals surface area contributed by atoms with Crippen LogP contribution in [-0.4, -0.2) is 41.4 Å². The highest BCUT2D eigenvalue weighted by Crippen LogP contribution is 2.43. The van der Waals surface area contributed by atoms with Crippen molar-refractivity contribution in [1.82, 2.24) is 15.0 Å². The quantitative estimate of drug-likeness (QED) is 0.336. The topological polar surface area (TPSA) is 51.1 Å². The van der Waals surface area contributed by atoms with Crippen molar-refractivity contribution in [2.24, 2.45) is 5.92 Å². The van der Waals surface area contributed by atoms with Crippen LogP contribution in [0, 0.1) is 12.8 Å². The van der Waals surface area contributed by atoms with Crippen molar-refractivity contribution in [2.75, 3.05) is 31.4 Å². The number of halogens is 2. The number of hydrogen-bond acceptors (Lipinski definition) is 6. The van der Waals surface area contributed by atoms with Crippen LogP contribution in [-0.2, 0) is 0 Å². The molecule has 8 heteroatoms. The summed E-state index contributed by atoms with van der Waals surface area (Å²) in [5.41, 5.74) is 3.13. The average molecular weight is 463 g/mol. The molecule has 0 N–H and O–H groups in total. The molecular weight excluding hydrogens is 439 g/mol. The minimum Gasteiger partial charge on any atom is -0.495 e. The van der Waals surface area contributed by atoms with Crippen LogP contribution in [0.4, 0.5) is 5.82 Å². The second kappa shape index (κ2) is 8.77. The molecule has 5 nitrogen and oxygen atoms in total. The number of rotatable bonds is 4. The summed E-state index contributed by atoms with van der Waals surface area (Å²) in [6.07, 6.45) is 6.09. The van der Waals surface area contributed by atoms with Crippen molar-refractivity contribution >= 4 is 51.7 Å². The standard InChI is InChI=1S/C22H24Cl2N4OS/c1-12-5-7-28(8-6-12)21-20-14(11-25-22(27-20)30-4)10-15(26-21)17-18(23)13(2)9-16(29-3)19(17)24/h9-12H,5-8H2,1-4H3. The minimum atomic E-state index is 0.458. The van der Waals surface area contributed by atoms with E-state index in [9.17, 15) is 0 Å². The van der Waals surface area contributed by atoms with Gasteiger partial charge in [-0.2, -0.15) is 0 Å². The van der Waals surface area contributed by atoms with Crippen LogP contribution in [0.1, 0.15) is 25.3 Å². The lowest BCUT2D eigenvalue weighted by molar-refractivity contribution is 0.415. The summed E-state index contributed by atoms with van der Waals surface area (Å²) in [7, 11) is 1.60. The number of aryl methyl sites for hydroxylation is 1. The Labute approximate surface area is 191 Å². The molecule has 3 aromatic rings. The summed E-state index contributed by atoms with van der Waals surface area (Å²) in [5, 5.41) is 2.68. The Morgan fingerprint density at radius 1 is 1.13 bits per heavy atom. The van der Waals surface area contributed by atoms with Crippen LogP contribution in [0.3, 0.4) is 0 Å².